The second kappa shape index (κ2) is 5.53. The fourth-order valence-corrected chi connectivity index (χ4v) is 1.69. The molecule has 0 saturated carbocycles. The fraction of sp³-hybridized carbons (Fsp3) is 0.467. The molecule has 0 aliphatic carbocycles. The van der Waals surface area contributed by atoms with Gasteiger partial charge < -0.3 is 9.63 Å². The molecule has 4 heteroatoms. The molecule has 0 amide bonds. The van der Waals surface area contributed by atoms with Gasteiger partial charge in [-0.05, 0) is 11.0 Å². The first-order valence-corrected chi connectivity index (χ1v) is 6.48. The van der Waals surface area contributed by atoms with E-state index in [1.807, 2.05) is 51.1 Å². The number of aliphatic hydroxyl groups is 1. The zero-order valence-electron chi connectivity index (χ0n) is 11.6. The first kappa shape index (κ1) is 13.7. The minimum absolute atomic E-state index is 0.186. The van der Waals surface area contributed by atoms with E-state index in [2.05, 4.69) is 10.1 Å². The van der Waals surface area contributed by atoms with Crippen molar-refractivity contribution in [2.24, 2.45) is 5.41 Å². The Balaban J connectivity index is 2.00. The van der Waals surface area contributed by atoms with Crippen LogP contribution in [0.15, 0.2) is 34.9 Å². The van der Waals surface area contributed by atoms with Gasteiger partial charge in [0.1, 0.15) is 0 Å². The van der Waals surface area contributed by atoms with Crippen LogP contribution >= 0.6 is 0 Å². The van der Waals surface area contributed by atoms with Crippen LogP contribution in [0.5, 0.6) is 0 Å². The van der Waals surface area contributed by atoms with Crippen molar-refractivity contribution in [3.05, 3.63) is 47.6 Å². The van der Waals surface area contributed by atoms with Gasteiger partial charge in [0.15, 0.2) is 5.82 Å². The van der Waals surface area contributed by atoms with E-state index >= 15 is 0 Å². The van der Waals surface area contributed by atoms with Crippen molar-refractivity contribution in [1.82, 2.24) is 10.1 Å². The first-order valence-electron chi connectivity index (χ1n) is 6.48. The van der Waals surface area contributed by atoms with E-state index in [4.69, 9.17) is 4.52 Å². The Morgan fingerprint density at radius 1 is 1.21 bits per heavy atom. The van der Waals surface area contributed by atoms with Crippen molar-refractivity contribution < 1.29 is 9.63 Å². The SMILES string of the molecule is CC(C)(C)C(O)Cc1nc(Cc2ccccc2)no1. The molecule has 0 bridgehead atoms. The Bertz CT molecular complexity index is 514. The van der Waals surface area contributed by atoms with Gasteiger partial charge in [-0.15, -0.1) is 0 Å². The Hall–Kier alpha value is -1.68. The summed E-state index contributed by atoms with van der Waals surface area (Å²) in [6, 6.07) is 10.0. The van der Waals surface area contributed by atoms with E-state index in [0.717, 1.165) is 5.56 Å². The van der Waals surface area contributed by atoms with Gasteiger partial charge in [0.05, 0.1) is 12.5 Å². The third-order valence-electron chi connectivity index (χ3n) is 3.08. The molecular formula is C15H20N2O2. The van der Waals surface area contributed by atoms with Gasteiger partial charge in [-0.3, -0.25) is 0 Å². The summed E-state index contributed by atoms with van der Waals surface area (Å²) in [5.74, 6) is 1.15. The molecule has 1 N–H and O–H groups in total. The summed E-state index contributed by atoms with van der Waals surface area (Å²) in [5.41, 5.74) is 0.958. The van der Waals surface area contributed by atoms with E-state index in [1.165, 1.54) is 0 Å². The number of hydrogen-bond acceptors (Lipinski definition) is 4. The van der Waals surface area contributed by atoms with E-state index in [-0.39, 0.29) is 5.41 Å². The van der Waals surface area contributed by atoms with E-state index in [9.17, 15) is 5.11 Å². The number of hydrogen-bond donors (Lipinski definition) is 1. The maximum absolute atomic E-state index is 10.0. The fourth-order valence-electron chi connectivity index (χ4n) is 1.69. The lowest BCUT2D eigenvalue weighted by Gasteiger charge is -2.24. The Morgan fingerprint density at radius 2 is 1.89 bits per heavy atom. The summed E-state index contributed by atoms with van der Waals surface area (Å²) in [5, 5.41) is 14.0. The molecule has 0 saturated heterocycles. The normalized spacial score (nSPS) is 13.5. The maximum Gasteiger partial charge on any atom is 0.229 e. The quantitative estimate of drug-likeness (QED) is 0.918. The standard InChI is InChI=1S/C15H20N2O2/c1-15(2,3)12(18)10-14-16-13(17-19-14)9-11-7-5-4-6-8-11/h4-8,12,18H,9-10H2,1-3H3. The van der Waals surface area contributed by atoms with Crippen LogP contribution in [0, 0.1) is 5.41 Å². The molecule has 0 aliphatic rings. The van der Waals surface area contributed by atoms with Crippen LogP contribution in [-0.4, -0.2) is 21.4 Å². The van der Waals surface area contributed by atoms with Gasteiger partial charge in [0, 0.05) is 6.42 Å². The summed E-state index contributed by atoms with van der Waals surface area (Å²) in [6.45, 7) is 5.96. The minimum Gasteiger partial charge on any atom is -0.392 e. The number of nitrogens with zero attached hydrogens (tertiary/aromatic N) is 2. The molecule has 1 unspecified atom stereocenters. The average molecular weight is 260 g/mol. The van der Waals surface area contributed by atoms with Crippen LogP contribution in [-0.2, 0) is 12.8 Å². The molecule has 1 heterocycles. The molecule has 4 nitrogen and oxygen atoms in total. The van der Waals surface area contributed by atoms with Crippen LogP contribution < -0.4 is 0 Å². The van der Waals surface area contributed by atoms with Crippen molar-refractivity contribution >= 4 is 0 Å². The second-order valence-electron chi connectivity index (χ2n) is 5.85. The largest absolute Gasteiger partial charge is 0.392 e. The van der Waals surface area contributed by atoms with Crippen molar-refractivity contribution in [3.8, 4) is 0 Å². The highest BCUT2D eigenvalue weighted by Gasteiger charge is 2.24. The molecule has 1 aromatic carbocycles. The molecule has 0 spiro atoms. The molecule has 0 radical (unpaired) electrons. The molecule has 0 fully saturated rings. The molecular weight excluding hydrogens is 240 g/mol. The van der Waals surface area contributed by atoms with Gasteiger partial charge in [0.25, 0.3) is 0 Å². The topological polar surface area (TPSA) is 59.2 Å². The minimum atomic E-state index is -0.488. The predicted molar refractivity (Wildman–Crippen MR) is 72.7 cm³/mol. The lowest BCUT2D eigenvalue weighted by atomic mass is 9.87. The molecule has 19 heavy (non-hydrogen) atoms. The number of benzene rings is 1. The van der Waals surface area contributed by atoms with Gasteiger partial charge >= 0.3 is 0 Å². The van der Waals surface area contributed by atoms with E-state index in [1.54, 1.807) is 0 Å². The molecule has 2 rings (SSSR count). The lowest BCUT2D eigenvalue weighted by molar-refractivity contribution is 0.0565. The highest BCUT2D eigenvalue weighted by molar-refractivity contribution is 5.18. The second-order valence-corrected chi connectivity index (χ2v) is 5.85. The molecule has 102 valence electrons. The van der Waals surface area contributed by atoms with Gasteiger partial charge in [0.2, 0.25) is 5.89 Å². The number of rotatable bonds is 4. The van der Waals surface area contributed by atoms with Gasteiger partial charge in [-0.25, -0.2) is 0 Å². The summed E-state index contributed by atoms with van der Waals surface area (Å²) in [7, 11) is 0. The van der Waals surface area contributed by atoms with Crippen LogP contribution in [0.2, 0.25) is 0 Å². The van der Waals surface area contributed by atoms with E-state index in [0.29, 0.717) is 24.6 Å². The third-order valence-corrected chi connectivity index (χ3v) is 3.08. The highest BCUT2D eigenvalue weighted by atomic mass is 16.5. The van der Waals surface area contributed by atoms with Crippen LogP contribution in [0.1, 0.15) is 38.0 Å². The predicted octanol–water partition coefficient (Wildman–Crippen LogP) is 2.61. The maximum atomic E-state index is 10.0. The summed E-state index contributed by atoms with van der Waals surface area (Å²) in [4.78, 5) is 4.32. The van der Waals surface area contributed by atoms with Crippen LogP contribution in [0.25, 0.3) is 0 Å². The van der Waals surface area contributed by atoms with Gasteiger partial charge in [-0.1, -0.05) is 56.3 Å². The molecule has 2 aromatic rings. The third kappa shape index (κ3) is 3.89. The van der Waals surface area contributed by atoms with Crippen LogP contribution in [0.4, 0.5) is 0 Å². The van der Waals surface area contributed by atoms with Crippen molar-refractivity contribution in [2.45, 2.75) is 39.7 Å². The molecule has 0 aliphatic heterocycles. The van der Waals surface area contributed by atoms with Crippen molar-refractivity contribution in [2.75, 3.05) is 0 Å². The summed E-state index contributed by atoms with van der Waals surface area (Å²) < 4.78 is 5.18. The van der Waals surface area contributed by atoms with Gasteiger partial charge in [-0.2, -0.15) is 4.98 Å². The highest BCUT2D eigenvalue weighted by Crippen LogP contribution is 2.22. The Kier molecular flexibility index (Phi) is 4.00. The average Bonchev–Trinajstić information content (AvgIpc) is 2.76. The molecule has 1 atom stereocenters. The zero-order valence-corrected chi connectivity index (χ0v) is 11.6. The molecule has 1 aromatic heterocycles. The zero-order chi connectivity index (χ0) is 13.9. The monoisotopic (exact) mass is 260 g/mol. The summed E-state index contributed by atoms with van der Waals surface area (Å²) >= 11 is 0. The van der Waals surface area contributed by atoms with Crippen LogP contribution in [0.3, 0.4) is 0 Å². The van der Waals surface area contributed by atoms with E-state index < -0.39 is 6.10 Å². The lowest BCUT2D eigenvalue weighted by Crippen LogP contribution is -2.28. The summed E-state index contributed by atoms with van der Waals surface area (Å²) in [6.07, 6.45) is 0.554. The van der Waals surface area contributed by atoms with Crippen molar-refractivity contribution in [3.63, 3.8) is 0 Å². The number of aromatic nitrogens is 2. The number of aliphatic hydroxyl groups excluding tert-OH is 1. The Labute approximate surface area is 113 Å². The van der Waals surface area contributed by atoms with Crippen molar-refractivity contribution in [1.29, 1.82) is 0 Å². The smallest absolute Gasteiger partial charge is 0.229 e. The first-order chi connectivity index (χ1) is 8.95. The Morgan fingerprint density at radius 3 is 2.53 bits per heavy atom.